The summed E-state index contributed by atoms with van der Waals surface area (Å²) in [5, 5.41) is 2.63. The van der Waals surface area contributed by atoms with Crippen molar-refractivity contribution in [2.45, 2.75) is 10.7 Å². The Labute approximate surface area is 106 Å². The first-order chi connectivity index (χ1) is 8.65. The molecule has 0 saturated heterocycles. The number of thioether (sulfide) groups is 1. The summed E-state index contributed by atoms with van der Waals surface area (Å²) in [7, 11) is 0. The highest BCUT2D eigenvalue weighted by Crippen LogP contribution is 2.26. The van der Waals surface area contributed by atoms with Gasteiger partial charge in [0, 0.05) is 10.6 Å². The molecule has 2 aromatic rings. The van der Waals surface area contributed by atoms with Gasteiger partial charge in [-0.05, 0) is 30.3 Å². The van der Waals surface area contributed by atoms with Crippen molar-refractivity contribution in [1.29, 1.82) is 0 Å². The standard InChI is InChI=1S/C12H9F2NO2S/c13-12(14)18-10-3-1-9(2-4-10)15-11(16)8-5-6-17-7-8/h1-7,12H,(H,15,16). The third kappa shape index (κ3) is 3.33. The van der Waals surface area contributed by atoms with Crippen LogP contribution in [0.25, 0.3) is 0 Å². The fourth-order valence-corrected chi connectivity index (χ4v) is 1.82. The van der Waals surface area contributed by atoms with Crippen molar-refractivity contribution in [2.75, 3.05) is 5.32 Å². The minimum Gasteiger partial charge on any atom is -0.472 e. The third-order valence-electron chi connectivity index (χ3n) is 2.12. The van der Waals surface area contributed by atoms with E-state index in [4.69, 9.17) is 4.42 Å². The summed E-state index contributed by atoms with van der Waals surface area (Å²) in [5.41, 5.74) is 0.945. The highest BCUT2D eigenvalue weighted by Gasteiger charge is 2.08. The molecule has 1 aromatic carbocycles. The Balaban J connectivity index is 2.00. The second-order valence-corrected chi connectivity index (χ2v) is 4.43. The Morgan fingerprint density at radius 2 is 1.94 bits per heavy atom. The summed E-state index contributed by atoms with van der Waals surface area (Å²) in [5.74, 6) is -2.76. The first kappa shape index (κ1) is 12.6. The summed E-state index contributed by atoms with van der Waals surface area (Å²) >= 11 is 0.463. The zero-order chi connectivity index (χ0) is 13.0. The number of carbonyl (C=O) groups is 1. The molecule has 0 saturated carbocycles. The predicted octanol–water partition coefficient (Wildman–Crippen LogP) is 3.85. The molecule has 0 aliphatic carbocycles. The summed E-state index contributed by atoms with van der Waals surface area (Å²) in [4.78, 5) is 12.1. The second-order valence-electron chi connectivity index (χ2n) is 3.37. The van der Waals surface area contributed by atoms with Crippen LogP contribution in [0, 0.1) is 0 Å². The highest BCUT2D eigenvalue weighted by atomic mass is 32.2. The van der Waals surface area contributed by atoms with E-state index >= 15 is 0 Å². The lowest BCUT2D eigenvalue weighted by Gasteiger charge is -2.05. The number of alkyl halides is 2. The Kier molecular flexibility index (Phi) is 3.99. The van der Waals surface area contributed by atoms with Crippen LogP contribution in [0.15, 0.2) is 52.2 Å². The largest absolute Gasteiger partial charge is 0.472 e. The van der Waals surface area contributed by atoms with Gasteiger partial charge in [0.25, 0.3) is 11.7 Å². The zero-order valence-electron chi connectivity index (χ0n) is 9.10. The molecular weight excluding hydrogens is 260 g/mol. The number of rotatable bonds is 4. The summed E-state index contributed by atoms with van der Waals surface area (Å²) in [6.45, 7) is 0. The molecule has 2 rings (SSSR count). The number of halogens is 2. The number of benzene rings is 1. The predicted molar refractivity (Wildman–Crippen MR) is 65.0 cm³/mol. The first-order valence-electron chi connectivity index (χ1n) is 5.03. The number of nitrogens with one attached hydrogen (secondary N) is 1. The molecule has 0 bridgehead atoms. The van der Waals surface area contributed by atoms with Gasteiger partial charge in [-0.1, -0.05) is 11.8 Å². The van der Waals surface area contributed by atoms with Crippen molar-refractivity contribution < 1.29 is 18.0 Å². The molecule has 0 aliphatic rings. The third-order valence-corrected chi connectivity index (χ3v) is 2.84. The molecule has 0 radical (unpaired) electrons. The second kappa shape index (κ2) is 5.68. The van der Waals surface area contributed by atoms with Crippen LogP contribution in [-0.2, 0) is 0 Å². The van der Waals surface area contributed by atoms with Gasteiger partial charge in [0.05, 0.1) is 11.8 Å². The van der Waals surface area contributed by atoms with Gasteiger partial charge in [-0.15, -0.1) is 0 Å². The molecule has 94 valence electrons. The minimum absolute atomic E-state index is 0.307. The number of furan rings is 1. The number of hydrogen-bond donors (Lipinski definition) is 1. The molecule has 1 aromatic heterocycles. The van der Waals surface area contributed by atoms with Gasteiger partial charge >= 0.3 is 0 Å². The first-order valence-corrected chi connectivity index (χ1v) is 5.91. The maximum Gasteiger partial charge on any atom is 0.288 e. The van der Waals surface area contributed by atoms with Crippen molar-refractivity contribution in [3.63, 3.8) is 0 Å². The van der Waals surface area contributed by atoms with Crippen LogP contribution < -0.4 is 5.32 Å². The average molecular weight is 269 g/mol. The molecule has 18 heavy (non-hydrogen) atoms. The van der Waals surface area contributed by atoms with Crippen molar-refractivity contribution in [3.05, 3.63) is 48.4 Å². The quantitative estimate of drug-likeness (QED) is 0.857. The van der Waals surface area contributed by atoms with Gasteiger partial charge in [-0.2, -0.15) is 8.78 Å². The highest BCUT2D eigenvalue weighted by molar-refractivity contribution is 7.99. The van der Waals surface area contributed by atoms with Gasteiger partial charge in [-0.25, -0.2) is 0 Å². The van der Waals surface area contributed by atoms with E-state index < -0.39 is 5.76 Å². The number of carbonyl (C=O) groups excluding carboxylic acids is 1. The molecular formula is C12H9F2NO2S. The molecule has 0 unspecified atom stereocenters. The van der Waals surface area contributed by atoms with Gasteiger partial charge in [-0.3, -0.25) is 4.79 Å². The lowest BCUT2D eigenvalue weighted by Crippen LogP contribution is -2.10. The van der Waals surface area contributed by atoms with Crippen molar-refractivity contribution in [3.8, 4) is 0 Å². The molecule has 0 aliphatic heterocycles. The Morgan fingerprint density at radius 1 is 1.22 bits per heavy atom. The molecule has 6 heteroatoms. The van der Waals surface area contributed by atoms with E-state index in [-0.39, 0.29) is 5.91 Å². The van der Waals surface area contributed by atoms with Crippen LogP contribution in [0.1, 0.15) is 10.4 Å². The maximum absolute atomic E-state index is 12.1. The zero-order valence-corrected chi connectivity index (χ0v) is 9.92. The lowest BCUT2D eigenvalue weighted by molar-refractivity contribution is 0.102. The van der Waals surface area contributed by atoms with E-state index in [0.717, 1.165) is 0 Å². The van der Waals surface area contributed by atoms with E-state index in [1.165, 1.54) is 30.7 Å². The maximum atomic E-state index is 12.1. The molecule has 0 spiro atoms. The lowest BCUT2D eigenvalue weighted by atomic mass is 10.3. The van der Waals surface area contributed by atoms with Crippen molar-refractivity contribution >= 4 is 23.4 Å². The Morgan fingerprint density at radius 3 is 2.50 bits per heavy atom. The molecule has 0 fully saturated rings. The molecule has 3 nitrogen and oxygen atoms in total. The number of amides is 1. The summed E-state index contributed by atoms with van der Waals surface area (Å²) in [6.07, 6.45) is 2.73. The number of hydrogen-bond acceptors (Lipinski definition) is 3. The van der Waals surface area contributed by atoms with Crippen LogP contribution in [-0.4, -0.2) is 11.7 Å². The van der Waals surface area contributed by atoms with Crippen molar-refractivity contribution in [1.82, 2.24) is 0 Å². The average Bonchev–Trinajstić information content (AvgIpc) is 2.84. The van der Waals surface area contributed by atoms with E-state index in [1.807, 2.05) is 0 Å². The van der Waals surface area contributed by atoms with E-state index in [2.05, 4.69) is 5.32 Å². The van der Waals surface area contributed by atoms with Gasteiger partial charge in [0.15, 0.2) is 0 Å². The van der Waals surface area contributed by atoms with Gasteiger partial charge in [0.2, 0.25) is 0 Å². The van der Waals surface area contributed by atoms with Crippen LogP contribution in [0.3, 0.4) is 0 Å². The Bertz CT molecular complexity index is 511. The van der Waals surface area contributed by atoms with Crippen LogP contribution in [0.5, 0.6) is 0 Å². The number of anilines is 1. The van der Waals surface area contributed by atoms with Gasteiger partial charge in [0.1, 0.15) is 6.26 Å². The molecule has 0 atom stereocenters. The molecule has 1 heterocycles. The normalized spacial score (nSPS) is 10.6. The van der Waals surface area contributed by atoms with E-state index in [9.17, 15) is 13.6 Å². The monoisotopic (exact) mass is 269 g/mol. The minimum atomic E-state index is -2.45. The topological polar surface area (TPSA) is 42.2 Å². The molecule has 1 amide bonds. The van der Waals surface area contributed by atoms with Crippen molar-refractivity contribution in [2.24, 2.45) is 0 Å². The fraction of sp³-hybridized carbons (Fsp3) is 0.0833. The van der Waals surface area contributed by atoms with Gasteiger partial charge < -0.3 is 9.73 Å². The molecule has 1 N–H and O–H groups in total. The van der Waals surface area contributed by atoms with Crippen LogP contribution >= 0.6 is 11.8 Å². The fourth-order valence-electron chi connectivity index (χ4n) is 1.32. The smallest absolute Gasteiger partial charge is 0.288 e. The Hall–Kier alpha value is -1.82. The van der Waals surface area contributed by atoms with Crippen LogP contribution in [0.4, 0.5) is 14.5 Å². The van der Waals surface area contributed by atoms with E-state index in [1.54, 1.807) is 12.1 Å². The van der Waals surface area contributed by atoms with Crippen LogP contribution in [0.2, 0.25) is 0 Å². The SMILES string of the molecule is O=C(Nc1ccc(SC(F)F)cc1)c1ccoc1. The van der Waals surface area contributed by atoms with E-state index in [0.29, 0.717) is 27.9 Å². The summed E-state index contributed by atoms with van der Waals surface area (Å²) < 4.78 is 29.0. The summed E-state index contributed by atoms with van der Waals surface area (Å²) in [6, 6.07) is 7.74.